The molecule has 1 aromatic rings. The molecular formula is C15H22N2O4. The molecule has 116 valence electrons. The van der Waals surface area contributed by atoms with E-state index in [1.54, 1.807) is 12.1 Å². The van der Waals surface area contributed by atoms with Crippen LogP contribution in [0.5, 0.6) is 5.75 Å². The Labute approximate surface area is 124 Å². The smallest absolute Gasteiger partial charge is 0.326 e. The van der Waals surface area contributed by atoms with Gasteiger partial charge >= 0.3 is 5.97 Å². The minimum Gasteiger partial charge on any atom is -0.508 e. The quantitative estimate of drug-likeness (QED) is 0.596. The lowest BCUT2D eigenvalue weighted by Crippen LogP contribution is -2.49. The third kappa shape index (κ3) is 5.83. The summed E-state index contributed by atoms with van der Waals surface area (Å²) in [6.45, 7) is 3.89. The fourth-order valence-electron chi connectivity index (χ4n) is 1.96. The van der Waals surface area contributed by atoms with Crippen LogP contribution >= 0.6 is 0 Å². The van der Waals surface area contributed by atoms with E-state index in [4.69, 9.17) is 5.73 Å². The molecule has 0 radical (unpaired) electrons. The van der Waals surface area contributed by atoms with Gasteiger partial charge in [0.15, 0.2) is 0 Å². The first-order valence-electron chi connectivity index (χ1n) is 6.86. The van der Waals surface area contributed by atoms with E-state index in [0.717, 1.165) is 0 Å². The highest BCUT2D eigenvalue weighted by Gasteiger charge is 2.23. The van der Waals surface area contributed by atoms with E-state index in [9.17, 15) is 19.8 Å². The third-order valence-corrected chi connectivity index (χ3v) is 3.05. The van der Waals surface area contributed by atoms with Crippen molar-refractivity contribution in [1.29, 1.82) is 0 Å². The van der Waals surface area contributed by atoms with Crippen molar-refractivity contribution in [2.24, 2.45) is 11.7 Å². The van der Waals surface area contributed by atoms with Crippen LogP contribution in [-0.4, -0.2) is 34.2 Å². The number of hydrogen-bond donors (Lipinski definition) is 4. The molecule has 1 aromatic carbocycles. The summed E-state index contributed by atoms with van der Waals surface area (Å²) in [7, 11) is 0. The summed E-state index contributed by atoms with van der Waals surface area (Å²) >= 11 is 0. The van der Waals surface area contributed by atoms with Crippen LogP contribution in [-0.2, 0) is 16.0 Å². The van der Waals surface area contributed by atoms with Gasteiger partial charge in [0, 0.05) is 6.42 Å². The highest BCUT2D eigenvalue weighted by Crippen LogP contribution is 2.12. The minimum atomic E-state index is -1.12. The summed E-state index contributed by atoms with van der Waals surface area (Å²) in [6, 6.07) is 4.42. The van der Waals surface area contributed by atoms with Gasteiger partial charge in [0.2, 0.25) is 5.91 Å². The van der Waals surface area contributed by atoms with Crippen molar-refractivity contribution in [2.45, 2.75) is 38.8 Å². The molecule has 0 aliphatic heterocycles. The van der Waals surface area contributed by atoms with Crippen molar-refractivity contribution in [3.05, 3.63) is 29.8 Å². The van der Waals surface area contributed by atoms with E-state index in [2.05, 4.69) is 5.32 Å². The number of carboxylic acid groups (broad SMARTS) is 1. The van der Waals surface area contributed by atoms with Crippen molar-refractivity contribution >= 4 is 11.9 Å². The summed E-state index contributed by atoms with van der Waals surface area (Å²) in [4.78, 5) is 23.1. The van der Waals surface area contributed by atoms with Crippen LogP contribution < -0.4 is 11.1 Å². The fraction of sp³-hybridized carbons (Fsp3) is 0.467. The maximum Gasteiger partial charge on any atom is 0.326 e. The second kappa shape index (κ2) is 7.64. The molecule has 1 amide bonds. The van der Waals surface area contributed by atoms with Gasteiger partial charge in [-0.25, -0.2) is 4.79 Å². The monoisotopic (exact) mass is 294 g/mol. The number of aliphatic carboxylic acids is 1. The second-order valence-electron chi connectivity index (χ2n) is 5.51. The Morgan fingerprint density at radius 2 is 1.81 bits per heavy atom. The molecule has 0 saturated carbocycles. The van der Waals surface area contributed by atoms with Crippen LogP contribution in [0.3, 0.4) is 0 Å². The largest absolute Gasteiger partial charge is 0.508 e. The van der Waals surface area contributed by atoms with Gasteiger partial charge in [0.25, 0.3) is 0 Å². The topological polar surface area (TPSA) is 113 Å². The van der Waals surface area contributed by atoms with Crippen LogP contribution in [0.15, 0.2) is 24.3 Å². The number of carboxylic acids is 1. The summed E-state index contributed by atoms with van der Waals surface area (Å²) in [5.41, 5.74) is 6.45. The first kappa shape index (κ1) is 17.0. The molecule has 0 fully saturated rings. The van der Waals surface area contributed by atoms with Crippen LogP contribution in [0.1, 0.15) is 25.8 Å². The zero-order valence-electron chi connectivity index (χ0n) is 12.2. The molecule has 0 spiro atoms. The molecule has 0 aliphatic rings. The lowest BCUT2D eigenvalue weighted by atomic mass is 10.0. The number of nitrogens with two attached hydrogens (primary N) is 1. The molecule has 6 heteroatoms. The van der Waals surface area contributed by atoms with Gasteiger partial charge in [0.1, 0.15) is 11.8 Å². The zero-order valence-corrected chi connectivity index (χ0v) is 12.2. The highest BCUT2D eigenvalue weighted by atomic mass is 16.4. The molecule has 5 N–H and O–H groups in total. The van der Waals surface area contributed by atoms with Crippen molar-refractivity contribution in [2.75, 3.05) is 0 Å². The number of aromatic hydroxyl groups is 1. The molecule has 21 heavy (non-hydrogen) atoms. The molecule has 0 aliphatic carbocycles. The number of carbonyl (C=O) groups excluding carboxylic acids is 1. The van der Waals surface area contributed by atoms with Crippen molar-refractivity contribution in [1.82, 2.24) is 5.32 Å². The number of phenolic OH excluding ortho intramolecular Hbond substituents is 1. The Morgan fingerprint density at radius 1 is 1.24 bits per heavy atom. The maximum absolute atomic E-state index is 11.9. The second-order valence-corrected chi connectivity index (χ2v) is 5.51. The van der Waals surface area contributed by atoms with E-state index < -0.39 is 24.0 Å². The minimum absolute atomic E-state index is 0.105. The lowest BCUT2D eigenvalue weighted by Gasteiger charge is -2.19. The van der Waals surface area contributed by atoms with E-state index >= 15 is 0 Å². The normalized spacial score (nSPS) is 13.7. The van der Waals surface area contributed by atoms with Gasteiger partial charge in [-0.05, 0) is 30.0 Å². The van der Waals surface area contributed by atoms with Crippen LogP contribution in [0.25, 0.3) is 0 Å². The van der Waals surface area contributed by atoms with E-state index in [1.807, 2.05) is 13.8 Å². The van der Waals surface area contributed by atoms with Gasteiger partial charge in [-0.3, -0.25) is 4.79 Å². The molecule has 0 aromatic heterocycles. The lowest BCUT2D eigenvalue weighted by molar-refractivity contribution is -0.142. The van der Waals surface area contributed by atoms with Gasteiger partial charge in [-0.2, -0.15) is 0 Å². The summed E-state index contributed by atoms with van der Waals surface area (Å²) in [6.07, 6.45) is 0.632. The van der Waals surface area contributed by atoms with Gasteiger partial charge in [0.05, 0.1) is 6.04 Å². The number of benzene rings is 1. The van der Waals surface area contributed by atoms with Gasteiger partial charge in [-0.15, -0.1) is 0 Å². The number of amides is 1. The zero-order chi connectivity index (χ0) is 16.0. The predicted octanol–water partition coefficient (Wildman–Crippen LogP) is 0.877. The number of rotatable bonds is 7. The molecule has 0 bridgehead atoms. The average molecular weight is 294 g/mol. The summed E-state index contributed by atoms with van der Waals surface area (Å²) < 4.78 is 0. The molecule has 1 rings (SSSR count). The van der Waals surface area contributed by atoms with Gasteiger partial charge < -0.3 is 21.3 Å². The Hall–Kier alpha value is -2.08. The molecule has 0 saturated heterocycles. The summed E-state index contributed by atoms with van der Waals surface area (Å²) in [5.74, 6) is -1.22. The Morgan fingerprint density at radius 3 is 2.29 bits per heavy atom. The van der Waals surface area contributed by atoms with Crippen molar-refractivity contribution in [3.63, 3.8) is 0 Å². The van der Waals surface area contributed by atoms with E-state index in [0.29, 0.717) is 12.0 Å². The van der Waals surface area contributed by atoms with Crippen molar-refractivity contribution in [3.8, 4) is 5.75 Å². The number of phenols is 1. The Balaban J connectivity index is 2.67. The molecule has 2 atom stereocenters. The number of nitrogens with one attached hydrogen (secondary N) is 1. The highest BCUT2D eigenvalue weighted by molar-refractivity contribution is 5.86. The standard InChI is InChI=1S/C15H22N2O4/c1-9(2)7-12(16)14(19)17-13(15(20)21)8-10-3-5-11(18)6-4-10/h3-6,9,12-13,18H,7-8,16H2,1-2H3,(H,17,19)(H,20,21)/t12?,13-/m0/s1. The third-order valence-electron chi connectivity index (χ3n) is 3.05. The molecule has 1 unspecified atom stereocenters. The van der Waals surface area contributed by atoms with Crippen molar-refractivity contribution < 1.29 is 19.8 Å². The Kier molecular flexibility index (Phi) is 6.17. The van der Waals surface area contributed by atoms with E-state index in [-0.39, 0.29) is 18.1 Å². The van der Waals surface area contributed by atoms with Gasteiger partial charge in [-0.1, -0.05) is 26.0 Å². The molecule has 0 heterocycles. The maximum atomic E-state index is 11.9. The first-order chi connectivity index (χ1) is 9.79. The van der Waals surface area contributed by atoms with E-state index in [1.165, 1.54) is 12.1 Å². The predicted molar refractivity (Wildman–Crippen MR) is 78.8 cm³/mol. The van der Waals surface area contributed by atoms with Crippen LogP contribution in [0.2, 0.25) is 0 Å². The molecule has 6 nitrogen and oxygen atoms in total. The van der Waals surface area contributed by atoms with Crippen LogP contribution in [0, 0.1) is 5.92 Å². The molecular weight excluding hydrogens is 272 g/mol. The average Bonchev–Trinajstić information content (AvgIpc) is 2.39. The first-order valence-corrected chi connectivity index (χ1v) is 6.86. The van der Waals surface area contributed by atoms with Crippen LogP contribution in [0.4, 0.5) is 0 Å². The number of carbonyl (C=O) groups is 2. The fourth-order valence-corrected chi connectivity index (χ4v) is 1.96. The SMILES string of the molecule is CC(C)CC(N)C(=O)N[C@@H](Cc1ccc(O)cc1)C(=O)O. The Bertz CT molecular complexity index is 485. The summed E-state index contributed by atoms with van der Waals surface area (Å²) in [5, 5.41) is 20.9. The number of hydrogen-bond acceptors (Lipinski definition) is 4.